The summed E-state index contributed by atoms with van der Waals surface area (Å²) in [7, 11) is 0. The minimum atomic E-state index is -0.914. The average molecular weight is 387 g/mol. The van der Waals surface area contributed by atoms with Crippen LogP contribution in [0.1, 0.15) is 56.5 Å². The molecule has 2 N–H and O–H groups in total. The molecule has 1 aromatic carbocycles. The molecule has 1 aromatic heterocycles. The molecule has 0 fully saturated rings. The van der Waals surface area contributed by atoms with Gasteiger partial charge in [-0.3, -0.25) is 9.59 Å². The number of nitrogens with zero attached hydrogens (tertiary/aromatic N) is 2. The number of hydrogen-bond acceptors (Lipinski definition) is 5. The van der Waals surface area contributed by atoms with E-state index in [0.717, 1.165) is 11.1 Å². The van der Waals surface area contributed by atoms with Crippen LogP contribution in [0.25, 0.3) is 0 Å². The molecule has 0 aliphatic rings. The third kappa shape index (κ3) is 6.79. The van der Waals surface area contributed by atoms with E-state index in [2.05, 4.69) is 15.5 Å². The van der Waals surface area contributed by atoms with Crippen molar-refractivity contribution in [2.45, 2.75) is 58.8 Å². The average Bonchev–Trinajstić information content (AvgIpc) is 3.07. The molecule has 0 saturated heterocycles. The zero-order valence-electron chi connectivity index (χ0n) is 17.0. The third-order valence-corrected chi connectivity index (χ3v) is 4.39. The van der Waals surface area contributed by atoms with Crippen LogP contribution in [0.15, 0.2) is 28.8 Å². The van der Waals surface area contributed by atoms with Crippen molar-refractivity contribution in [1.29, 1.82) is 0 Å². The quantitative estimate of drug-likeness (QED) is 0.685. The molecule has 0 bridgehead atoms. The summed E-state index contributed by atoms with van der Waals surface area (Å²) in [6.07, 6.45) is 1.74. The number of benzene rings is 1. The molecule has 1 amide bonds. The number of amides is 1. The number of carbonyl (C=O) groups is 2. The van der Waals surface area contributed by atoms with Crippen LogP contribution in [0.4, 0.5) is 0 Å². The van der Waals surface area contributed by atoms with Gasteiger partial charge in [-0.1, -0.05) is 55.8 Å². The number of hydrogen-bond donors (Lipinski definition) is 2. The highest BCUT2D eigenvalue weighted by Crippen LogP contribution is 2.19. The second-order valence-corrected chi connectivity index (χ2v) is 8.15. The lowest BCUT2D eigenvalue weighted by molar-refractivity contribution is -0.141. The van der Waals surface area contributed by atoms with Crippen molar-refractivity contribution in [3.05, 3.63) is 47.1 Å². The molecule has 7 heteroatoms. The Labute approximate surface area is 165 Å². The van der Waals surface area contributed by atoms with Crippen molar-refractivity contribution in [3.63, 3.8) is 0 Å². The fourth-order valence-corrected chi connectivity index (χ4v) is 2.76. The summed E-state index contributed by atoms with van der Waals surface area (Å²) >= 11 is 0. The van der Waals surface area contributed by atoms with Crippen LogP contribution >= 0.6 is 0 Å². The smallest absolute Gasteiger partial charge is 0.308 e. The van der Waals surface area contributed by atoms with Crippen LogP contribution < -0.4 is 5.32 Å². The highest BCUT2D eigenvalue weighted by Gasteiger charge is 2.21. The van der Waals surface area contributed by atoms with E-state index >= 15 is 0 Å². The molecule has 7 nitrogen and oxygen atoms in total. The number of carboxylic acids is 1. The van der Waals surface area contributed by atoms with Crippen LogP contribution in [-0.2, 0) is 27.8 Å². The van der Waals surface area contributed by atoms with Gasteiger partial charge < -0.3 is 14.9 Å². The van der Waals surface area contributed by atoms with Gasteiger partial charge in [-0.25, -0.2) is 0 Å². The summed E-state index contributed by atoms with van der Waals surface area (Å²) in [4.78, 5) is 27.9. The monoisotopic (exact) mass is 387 g/mol. The van der Waals surface area contributed by atoms with Crippen molar-refractivity contribution in [2.24, 2.45) is 5.92 Å². The second-order valence-electron chi connectivity index (χ2n) is 8.15. The summed E-state index contributed by atoms with van der Waals surface area (Å²) in [5, 5.41) is 16.1. The zero-order valence-corrected chi connectivity index (χ0v) is 17.0. The lowest BCUT2D eigenvalue weighted by atomic mass is 9.96. The van der Waals surface area contributed by atoms with Gasteiger partial charge >= 0.3 is 5.97 Å². The van der Waals surface area contributed by atoms with Crippen molar-refractivity contribution in [1.82, 2.24) is 15.5 Å². The highest BCUT2D eigenvalue weighted by atomic mass is 16.5. The lowest BCUT2D eigenvalue weighted by Gasteiger charge is -2.14. The number of rotatable bonds is 9. The lowest BCUT2D eigenvalue weighted by Crippen LogP contribution is -2.34. The van der Waals surface area contributed by atoms with Gasteiger partial charge in [-0.05, 0) is 25.3 Å². The first-order valence-corrected chi connectivity index (χ1v) is 9.53. The molecule has 0 saturated carbocycles. The normalized spacial score (nSPS) is 12.6. The van der Waals surface area contributed by atoms with E-state index in [1.54, 1.807) is 0 Å². The van der Waals surface area contributed by atoms with Crippen LogP contribution in [0, 0.1) is 12.8 Å². The predicted octanol–water partition coefficient (Wildman–Crippen LogP) is 3.06. The maximum Gasteiger partial charge on any atom is 0.308 e. The van der Waals surface area contributed by atoms with E-state index in [0.29, 0.717) is 31.0 Å². The third-order valence-electron chi connectivity index (χ3n) is 4.39. The standard InChI is InChI=1S/C21H29N3O4/c1-14-7-5-8-15(11-14)12-16(19(26)27)13-22-17(25)9-6-10-18-23-20(24-28-18)21(2,3)4/h5,7-8,11,16H,6,9-10,12-13H2,1-4H3,(H,22,25)(H,26,27). The minimum absolute atomic E-state index is 0.108. The van der Waals surface area contributed by atoms with Crippen LogP contribution in [-0.4, -0.2) is 33.7 Å². The summed E-state index contributed by atoms with van der Waals surface area (Å²) in [6, 6.07) is 7.74. The Balaban J connectivity index is 1.76. The SMILES string of the molecule is Cc1cccc(CC(CNC(=O)CCCc2nc(C(C)(C)C)no2)C(=O)O)c1. The molecule has 28 heavy (non-hydrogen) atoms. The number of carboxylic acid groups (broad SMARTS) is 1. The van der Waals surface area contributed by atoms with Crippen molar-refractivity contribution >= 4 is 11.9 Å². The van der Waals surface area contributed by atoms with E-state index in [1.165, 1.54) is 0 Å². The Morgan fingerprint density at radius 2 is 2.04 bits per heavy atom. The van der Waals surface area contributed by atoms with E-state index in [1.807, 2.05) is 52.0 Å². The van der Waals surface area contributed by atoms with Gasteiger partial charge in [0.15, 0.2) is 5.82 Å². The maximum absolute atomic E-state index is 12.1. The van der Waals surface area contributed by atoms with E-state index in [9.17, 15) is 14.7 Å². The molecule has 2 aromatic rings. The van der Waals surface area contributed by atoms with Gasteiger partial charge in [0, 0.05) is 24.8 Å². The zero-order chi connectivity index (χ0) is 20.7. The van der Waals surface area contributed by atoms with Gasteiger partial charge in [-0.15, -0.1) is 0 Å². The maximum atomic E-state index is 12.1. The molecule has 1 heterocycles. The number of aryl methyl sites for hydroxylation is 2. The molecular formula is C21H29N3O4. The Morgan fingerprint density at radius 1 is 1.29 bits per heavy atom. The van der Waals surface area contributed by atoms with Gasteiger partial charge in [0.25, 0.3) is 0 Å². The van der Waals surface area contributed by atoms with Crippen LogP contribution in [0.5, 0.6) is 0 Å². The second kappa shape index (κ2) is 9.48. The first-order chi connectivity index (χ1) is 13.1. The fraction of sp³-hybridized carbons (Fsp3) is 0.524. The summed E-state index contributed by atoms with van der Waals surface area (Å²) < 4.78 is 5.21. The van der Waals surface area contributed by atoms with E-state index in [-0.39, 0.29) is 24.3 Å². The number of nitrogens with one attached hydrogen (secondary N) is 1. The summed E-state index contributed by atoms with van der Waals surface area (Å²) in [5.41, 5.74) is 1.86. The molecule has 0 aliphatic carbocycles. The number of carbonyl (C=O) groups excluding carboxylic acids is 1. The Bertz CT molecular complexity index is 808. The Hall–Kier alpha value is -2.70. The van der Waals surface area contributed by atoms with Gasteiger partial charge in [-0.2, -0.15) is 4.98 Å². The fourth-order valence-electron chi connectivity index (χ4n) is 2.76. The predicted molar refractivity (Wildman–Crippen MR) is 105 cm³/mol. The summed E-state index contributed by atoms with van der Waals surface area (Å²) in [5.74, 6) is -0.586. The van der Waals surface area contributed by atoms with E-state index < -0.39 is 11.9 Å². The molecular weight excluding hydrogens is 358 g/mol. The largest absolute Gasteiger partial charge is 0.481 e. The number of aromatic nitrogens is 2. The Morgan fingerprint density at radius 3 is 2.64 bits per heavy atom. The van der Waals surface area contributed by atoms with Crippen LogP contribution in [0.3, 0.4) is 0 Å². The van der Waals surface area contributed by atoms with Crippen LogP contribution in [0.2, 0.25) is 0 Å². The highest BCUT2D eigenvalue weighted by molar-refractivity contribution is 5.77. The molecule has 1 atom stereocenters. The van der Waals surface area contributed by atoms with Crippen molar-refractivity contribution < 1.29 is 19.2 Å². The Kier molecular flexibility index (Phi) is 7.31. The first kappa shape index (κ1) is 21.6. The van der Waals surface area contributed by atoms with Gasteiger partial charge in [0.2, 0.25) is 11.8 Å². The molecule has 1 unspecified atom stereocenters. The van der Waals surface area contributed by atoms with Crippen molar-refractivity contribution in [3.8, 4) is 0 Å². The summed E-state index contributed by atoms with van der Waals surface area (Å²) in [6.45, 7) is 8.09. The molecule has 0 spiro atoms. The van der Waals surface area contributed by atoms with Crippen molar-refractivity contribution in [2.75, 3.05) is 6.54 Å². The molecule has 0 aliphatic heterocycles. The number of aliphatic carboxylic acids is 1. The molecule has 0 radical (unpaired) electrons. The van der Waals surface area contributed by atoms with E-state index in [4.69, 9.17) is 4.52 Å². The topological polar surface area (TPSA) is 105 Å². The van der Waals surface area contributed by atoms with Gasteiger partial charge in [0.1, 0.15) is 0 Å². The first-order valence-electron chi connectivity index (χ1n) is 9.53. The molecule has 2 rings (SSSR count). The van der Waals surface area contributed by atoms with Gasteiger partial charge in [0.05, 0.1) is 5.92 Å². The minimum Gasteiger partial charge on any atom is -0.481 e. The molecule has 152 valence electrons.